The number of aromatic hydroxyl groups is 1. The molecule has 6 nitrogen and oxygen atoms in total. The Morgan fingerprint density at radius 2 is 1.69 bits per heavy atom. The van der Waals surface area contributed by atoms with Crippen molar-refractivity contribution in [1.29, 1.82) is 0 Å². The van der Waals surface area contributed by atoms with Gasteiger partial charge < -0.3 is 19.9 Å². The van der Waals surface area contributed by atoms with Gasteiger partial charge in [-0.15, -0.1) is 0 Å². The van der Waals surface area contributed by atoms with Crippen LogP contribution in [0.1, 0.15) is 82.6 Å². The summed E-state index contributed by atoms with van der Waals surface area (Å²) in [5.74, 6) is -0.511. The lowest BCUT2D eigenvalue weighted by atomic mass is 9.96. The topological polar surface area (TPSA) is 84.9 Å². The van der Waals surface area contributed by atoms with E-state index in [1.807, 2.05) is 34.6 Å². The molecule has 2 N–H and O–H groups in total. The predicted molar refractivity (Wildman–Crippen MR) is 117 cm³/mol. The number of benzene rings is 1. The van der Waals surface area contributed by atoms with Crippen molar-refractivity contribution in [2.75, 3.05) is 7.11 Å². The Bertz CT molecular complexity index is 649. The van der Waals surface area contributed by atoms with E-state index < -0.39 is 11.6 Å². The number of hydrogen-bond acceptors (Lipinski definition) is 5. The molecule has 0 spiro atoms. The number of carbonyl (C=O) groups is 2. The standard InChI is InChI=1S/C11H21NO2.C9H9ClO3.C2H6/c1-11(2,3)14-10(13)12-9-7-5-4-6-8-9;1-5-7(9(12)13-2)3-6(10)4-8(5)11;1-2/h9H,4-8H2,1-3H3,(H,12,13);3-4,11H,1-2H3;1-2H3. The third-order valence-corrected chi connectivity index (χ3v) is 4.29. The summed E-state index contributed by atoms with van der Waals surface area (Å²) in [7, 11) is 1.28. The van der Waals surface area contributed by atoms with Crippen LogP contribution < -0.4 is 5.32 Å². The Kier molecular flexibility index (Phi) is 12.4. The highest BCUT2D eigenvalue weighted by molar-refractivity contribution is 6.31. The van der Waals surface area contributed by atoms with Crippen molar-refractivity contribution in [3.05, 3.63) is 28.3 Å². The van der Waals surface area contributed by atoms with Gasteiger partial charge in [0.1, 0.15) is 11.4 Å². The van der Waals surface area contributed by atoms with Crippen molar-refractivity contribution in [2.24, 2.45) is 0 Å². The number of halogens is 1. The number of hydrogen-bond donors (Lipinski definition) is 2. The normalized spacial score (nSPS) is 13.8. The lowest BCUT2D eigenvalue weighted by Gasteiger charge is -2.25. The number of amides is 1. The number of carbonyl (C=O) groups excluding carboxylic acids is 2. The van der Waals surface area contributed by atoms with E-state index in [0.29, 0.717) is 16.6 Å². The number of phenolic OH excluding ortho intramolecular Hbond substituents is 1. The summed E-state index contributed by atoms with van der Waals surface area (Å²) in [5, 5.41) is 12.6. The van der Waals surface area contributed by atoms with Gasteiger partial charge in [-0.2, -0.15) is 0 Å². The second-order valence-electron chi connectivity index (χ2n) is 7.57. The average molecular weight is 430 g/mol. The zero-order valence-electron chi connectivity index (χ0n) is 18.7. The number of rotatable bonds is 2. The van der Waals surface area contributed by atoms with E-state index in [4.69, 9.17) is 16.3 Å². The highest BCUT2D eigenvalue weighted by Crippen LogP contribution is 2.25. The number of ether oxygens (including phenoxy) is 2. The molecule has 166 valence electrons. The van der Waals surface area contributed by atoms with Gasteiger partial charge >= 0.3 is 12.1 Å². The molecule has 0 radical (unpaired) electrons. The van der Waals surface area contributed by atoms with E-state index in [-0.39, 0.29) is 17.4 Å². The molecular weight excluding hydrogens is 394 g/mol. The molecule has 0 bridgehead atoms. The molecule has 0 aromatic heterocycles. The molecule has 0 atom stereocenters. The monoisotopic (exact) mass is 429 g/mol. The fourth-order valence-electron chi connectivity index (χ4n) is 2.71. The Hall–Kier alpha value is -1.95. The van der Waals surface area contributed by atoms with Crippen molar-refractivity contribution in [2.45, 2.75) is 85.3 Å². The minimum atomic E-state index is -0.504. The molecule has 2 rings (SSSR count). The van der Waals surface area contributed by atoms with Gasteiger partial charge in [0.25, 0.3) is 0 Å². The highest BCUT2D eigenvalue weighted by Gasteiger charge is 2.20. The molecule has 1 aliphatic rings. The summed E-state index contributed by atoms with van der Waals surface area (Å²) in [4.78, 5) is 22.5. The van der Waals surface area contributed by atoms with Gasteiger partial charge in [0.15, 0.2) is 0 Å². The Labute approximate surface area is 179 Å². The second-order valence-corrected chi connectivity index (χ2v) is 8.01. The molecule has 1 aromatic rings. The maximum atomic E-state index is 11.4. The van der Waals surface area contributed by atoms with E-state index in [1.165, 1.54) is 38.5 Å². The quantitative estimate of drug-likeness (QED) is 0.562. The molecule has 29 heavy (non-hydrogen) atoms. The number of alkyl carbamates (subject to hydrolysis) is 1. The third kappa shape index (κ3) is 11.0. The predicted octanol–water partition coefficient (Wildman–Crippen LogP) is 6.01. The van der Waals surface area contributed by atoms with Crippen LogP contribution in [0.2, 0.25) is 5.02 Å². The Morgan fingerprint density at radius 1 is 1.14 bits per heavy atom. The number of nitrogens with one attached hydrogen (secondary N) is 1. The summed E-state index contributed by atoms with van der Waals surface area (Å²) in [6.45, 7) is 11.3. The molecule has 7 heteroatoms. The van der Waals surface area contributed by atoms with Gasteiger partial charge in [-0.1, -0.05) is 44.7 Å². The molecule has 1 saturated carbocycles. The van der Waals surface area contributed by atoms with Gasteiger partial charge in [-0.3, -0.25) is 0 Å². The lowest BCUT2D eigenvalue weighted by Crippen LogP contribution is -2.39. The summed E-state index contributed by atoms with van der Waals surface area (Å²) < 4.78 is 9.71. The van der Waals surface area contributed by atoms with Crippen molar-refractivity contribution in [3.63, 3.8) is 0 Å². The largest absolute Gasteiger partial charge is 0.508 e. The zero-order chi connectivity index (χ0) is 22.6. The van der Waals surface area contributed by atoms with Crippen LogP contribution in [0.15, 0.2) is 12.1 Å². The van der Waals surface area contributed by atoms with E-state index in [9.17, 15) is 14.7 Å². The van der Waals surface area contributed by atoms with Crippen LogP contribution in [0.5, 0.6) is 5.75 Å². The van der Waals surface area contributed by atoms with Crippen LogP contribution in [-0.2, 0) is 9.47 Å². The van der Waals surface area contributed by atoms with Crippen molar-refractivity contribution < 1.29 is 24.2 Å². The van der Waals surface area contributed by atoms with Gasteiger partial charge in [-0.25, -0.2) is 9.59 Å². The first kappa shape index (κ1) is 27.0. The second kappa shape index (κ2) is 13.3. The minimum absolute atomic E-state index is 0.00657. The summed E-state index contributed by atoms with van der Waals surface area (Å²) >= 11 is 5.66. The van der Waals surface area contributed by atoms with Gasteiger partial charge in [0.2, 0.25) is 0 Å². The average Bonchev–Trinajstić information content (AvgIpc) is 2.65. The Balaban J connectivity index is 0.000000499. The van der Waals surface area contributed by atoms with Crippen LogP contribution in [0.3, 0.4) is 0 Å². The van der Waals surface area contributed by atoms with Gasteiger partial charge in [0.05, 0.1) is 12.7 Å². The van der Waals surface area contributed by atoms with Crippen LogP contribution >= 0.6 is 11.6 Å². The number of methoxy groups -OCH3 is 1. The molecule has 1 aliphatic carbocycles. The SMILES string of the molecule is CC.CC(C)(C)OC(=O)NC1CCCCC1.COC(=O)c1cc(Cl)cc(O)c1C. The smallest absolute Gasteiger partial charge is 0.407 e. The summed E-state index contributed by atoms with van der Waals surface area (Å²) in [6, 6.07) is 3.17. The van der Waals surface area contributed by atoms with Crippen LogP contribution in [0.25, 0.3) is 0 Å². The van der Waals surface area contributed by atoms with Crippen LogP contribution in [0.4, 0.5) is 4.79 Å². The van der Waals surface area contributed by atoms with Crippen molar-refractivity contribution in [1.82, 2.24) is 5.32 Å². The summed E-state index contributed by atoms with van der Waals surface area (Å²) in [5.41, 5.74) is 0.363. The fraction of sp³-hybridized carbons (Fsp3) is 0.636. The van der Waals surface area contributed by atoms with Gasteiger partial charge in [-0.05, 0) is 52.7 Å². The molecule has 1 aromatic carbocycles. The van der Waals surface area contributed by atoms with Crippen LogP contribution in [-0.4, -0.2) is 35.9 Å². The molecule has 1 fully saturated rings. The van der Waals surface area contributed by atoms with Crippen LogP contribution in [0, 0.1) is 6.92 Å². The fourth-order valence-corrected chi connectivity index (χ4v) is 2.92. The van der Waals surface area contributed by atoms with Crippen molar-refractivity contribution >= 4 is 23.7 Å². The number of phenols is 1. The Morgan fingerprint density at radius 3 is 2.17 bits per heavy atom. The van der Waals surface area contributed by atoms with E-state index in [1.54, 1.807) is 6.92 Å². The minimum Gasteiger partial charge on any atom is -0.508 e. The van der Waals surface area contributed by atoms with E-state index in [2.05, 4.69) is 10.1 Å². The van der Waals surface area contributed by atoms with E-state index in [0.717, 1.165) is 12.8 Å². The first-order valence-electron chi connectivity index (χ1n) is 10.1. The molecular formula is C22H36ClNO5. The lowest BCUT2D eigenvalue weighted by molar-refractivity contribution is 0.0492. The first-order chi connectivity index (χ1) is 13.5. The zero-order valence-corrected chi connectivity index (χ0v) is 19.5. The van der Waals surface area contributed by atoms with Crippen molar-refractivity contribution in [3.8, 4) is 5.75 Å². The molecule has 0 unspecified atom stereocenters. The summed E-state index contributed by atoms with van der Waals surface area (Å²) in [6.07, 6.45) is 5.66. The molecule has 0 saturated heterocycles. The van der Waals surface area contributed by atoms with E-state index >= 15 is 0 Å². The third-order valence-electron chi connectivity index (χ3n) is 4.08. The maximum absolute atomic E-state index is 11.4. The van der Waals surface area contributed by atoms with Gasteiger partial charge in [0, 0.05) is 16.6 Å². The maximum Gasteiger partial charge on any atom is 0.407 e. The molecule has 0 aliphatic heterocycles. The number of esters is 1. The highest BCUT2D eigenvalue weighted by atomic mass is 35.5. The molecule has 1 amide bonds. The first-order valence-corrected chi connectivity index (χ1v) is 10.5. The molecule has 0 heterocycles.